The minimum absolute atomic E-state index is 0.0384. The van der Waals surface area contributed by atoms with Crippen LogP contribution >= 0.6 is 11.3 Å². The van der Waals surface area contributed by atoms with Crippen molar-refractivity contribution in [2.45, 2.75) is 22.1 Å². The number of anilines is 1. The van der Waals surface area contributed by atoms with Crippen LogP contribution in [0.1, 0.15) is 22.8 Å². The number of hydrogen-bond donors (Lipinski definition) is 1. The zero-order chi connectivity index (χ0) is 19.2. The van der Waals surface area contributed by atoms with E-state index in [0.29, 0.717) is 4.88 Å². The molecule has 138 valence electrons. The standard InChI is InChI=1S/C19H13F2NO3S2/c20-14-8-4-7-12(17(14)21)13-9-16(23)22-18-15(10-26-19(13)18)27(24,25)11-5-2-1-3-6-11/h1-8,10,13H,9H2,(H,22,23)/t13-/m0/s1. The number of nitrogens with one attached hydrogen (secondary N) is 1. The first-order chi connectivity index (χ1) is 12.9. The molecule has 4 nitrogen and oxygen atoms in total. The molecule has 2 heterocycles. The Hall–Kier alpha value is -2.58. The Balaban J connectivity index is 1.87. The van der Waals surface area contributed by atoms with Crippen LogP contribution in [0.2, 0.25) is 0 Å². The van der Waals surface area contributed by atoms with Crippen LogP contribution in [-0.2, 0) is 14.6 Å². The SMILES string of the molecule is O=C1C[C@@H](c2cccc(F)c2F)c2scc(S(=O)(=O)c3ccccc3)c2N1. The minimum Gasteiger partial charge on any atom is -0.324 e. The molecule has 1 aromatic heterocycles. The Kier molecular flexibility index (Phi) is 4.32. The van der Waals surface area contributed by atoms with Crippen LogP contribution in [0.15, 0.2) is 63.7 Å². The van der Waals surface area contributed by atoms with Gasteiger partial charge in [0.05, 0.1) is 10.6 Å². The highest BCUT2D eigenvalue weighted by molar-refractivity contribution is 7.91. The molecule has 0 radical (unpaired) electrons. The predicted molar refractivity (Wildman–Crippen MR) is 97.7 cm³/mol. The number of thiophene rings is 1. The lowest BCUT2D eigenvalue weighted by Gasteiger charge is -2.24. The Morgan fingerprint density at radius 1 is 1.04 bits per heavy atom. The molecule has 1 aliphatic heterocycles. The molecular weight excluding hydrogens is 392 g/mol. The fourth-order valence-electron chi connectivity index (χ4n) is 3.17. The summed E-state index contributed by atoms with van der Waals surface area (Å²) in [4.78, 5) is 12.8. The summed E-state index contributed by atoms with van der Waals surface area (Å²) >= 11 is 1.11. The van der Waals surface area contributed by atoms with Gasteiger partial charge in [-0.1, -0.05) is 30.3 Å². The zero-order valence-electron chi connectivity index (χ0n) is 13.8. The summed E-state index contributed by atoms with van der Waals surface area (Å²) in [5.74, 6) is -3.22. The van der Waals surface area contributed by atoms with E-state index in [1.807, 2.05) is 0 Å². The smallest absolute Gasteiger partial charge is 0.225 e. The van der Waals surface area contributed by atoms with Crippen molar-refractivity contribution in [3.8, 4) is 0 Å². The van der Waals surface area contributed by atoms with Gasteiger partial charge < -0.3 is 5.32 Å². The third-order valence-electron chi connectivity index (χ3n) is 4.46. The molecule has 0 saturated carbocycles. The van der Waals surface area contributed by atoms with Crippen molar-refractivity contribution in [1.82, 2.24) is 0 Å². The summed E-state index contributed by atoms with van der Waals surface area (Å²) in [6, 6.07) is 11.6. The maximum absolute atomic E-state index is 14.3. The topological polar surface area (TPSA) is 63.2 Å². The fourth-order valence-corrected chi connectivity index (χ4v) is 6.09. The van der Waals surface area contributed by atoms with Gasteiger partial charge in [-0.05, 0) is 23.8 Å². The van der Waals surface area contributed by atoms with E-state index < -0.39 is 33.3 Å². The Morgan fingerprint density at radius 2 is 1.78 bits per heavy atom. The van der Waals surface area contributed by atoms with Crippen LogP contribution in [0.5, 0.6) is 0 Å². The number of carbonyl (C=O) groups is 1. The summed E-state index contributed by atoms with van der Waals surface area (Å²) in [5.41, 5.74) is 0.186. The van der Waals surface area contributed by atoms with Crippen molar-refractivity contribution in [3.05, 3.63) is 76.0 Å². The van der Waals surface area contributed by atoms with E-state index in [1.54, 1.807) is 18.2 Å². The van der Waals surface area contributed by atoms with Crippen LogP contribution in [0.4, 0.5) is 14.5 Å². The Bertz CT molecular complexity index is 1140. The van der Waals surface area contributed by atoms with Crippen LogP contribution < -0.4 is 5.32 Å². The zero-order valence-corrected chi connectivity index (χ0v) is 15.4. The van der Waals surface area contributed by atoms with E-state index in [4.69, 9.17) is 0 Å². The first-order valence-electron chi connectivity index (χ1n) is 8.05. The van der Waals surface area contributed by atoms with Gasteiger partial charge in [-0.25, -0.2) is 17.2 Å². The number of rotatable bonds is 3. The molecule has 0 spiro atoms. The number of carbonyl (C=O) groups excluding carboxylic acids is 1. The second-order valence-corrected chi connectivity index (χ2v) is 8.93. The van der Waals surface area contributed by atoms with Gasteiger partial charge in [-0.15, -0.1) is 11.3 Å². The Labute approximate surface area is 158 Å². The van der Waals surface area contributed by atoms with Crippen molar-refractivity contribution < 1.29 is 22.0 Å². The van der Waals surface area contributed by atoms with Gasteiger partial charge in [0.15, 0.2) is 11.6 Å². The second kappa shape index (κ2) is 6.54. The van der Waals surface area contributed by atoms with Gasteiger partial charge in [-0.2, -0.15) is 0 Å². The maximum Gasteiger partial charge on any atom is 0.225 e. The third kappa shape index (κ3) is 2.94. The van der Waals surface area contributed by atoms with Crippen molar-refractivity contribution >= 4 is 32.8 Å². The molecule has 27 heavy (non-hydrogen) atoms. The minimum atomic E-state index is -3.86. The number of amides is 1. The van der Waals surface area contributed by atoms with E-state index in [0.717, 1.165) is 17.4 Å². The average molecular weight is 405 g/mol. The summed E-state index contributed by atoms with van der Waals surface area (Å²) in [7, 11) is -3.86. The highest BCUT2D eigenvalue weighted by Crippen LogP contribution is 2.46. The van der Waals surface area contributed by atoms with Crippen molar-refractivity contribution in [2.24, 2.45) is 0 Å². The van der Waals surface area contributed by atoms with E-state index in [-0.39, 0.29) is 27.5 Å². The van der Waals surface area contributed by atoms with Gasteiger partial charge >= 0.3 is 0 Å². The van der Waals surface area contributed by atoms with Crippen LogP contribution in [0.25, 0.3) is 0 Å². The van der Waals surface area contributed by atoms with Crippen molar-refractivity contribution in [2.75, 3.05) is 5.32 Å². The molecular formula is C19H13F2NO3S2. The van der Waals surface area contributed by atoms with Gasteiger partial charge in [0.2, 0.25) is 15.7 Å². The molecule has 3 aromatic rings. The molecule has 0 bridgehead atoms. The van der Waals surface area contributed by atoms with Crippen molar-refractivity contribution in [3.63, 3.8) is 0 Å². The highest BCUT2D eigenvalue weighted by atomic mass is 32.2. The first kappa shape index (κ1) is 17.8. The monoisotopic (exact) mass is 405 g/mol. The van der Waals surface area contributed by atoms with Crippen LogP contribution in [0.3, 0.4) is 0 Å². The first-order valence-corrected chi connectivity index (χ1v) is 10.4. The predicted octanol–water partition coefficient (Wildman–Crippen LogP) is 4.33. The number of fused-ring (bicyclic) bond motifs is 1. The maximum atomic E-state index is 14.3. The van der Waals surface area contributed by atoms with E-state index in [2.05, 4.69) is 5.32 Å². The fraction of sp³-hybridized carbons (Fsp3) is 0.105. The quantitative estimate of drug-likeness (QED) is 0.705. The van der Waals surface area contributed by atoms with E-state index >= 15 is 0 Å². The molecule has 0 saturated heterocycles. The summed E-state index contributed by atoms with van der Waals surface area (Å²) in [5, 5.41) is 4.03. The summed E-state index contributed by atoms with van der Waals surface area (Å²) < 4.78 is 53.9. The van der Waals surface area contributed by atoms with Crippen molar-refractivity contribution in [1.29, 1.82) is 0 Å². The molecule has 1 amide bonds. The number of hydrogen-bond acceptors (Lipinski definition) is 4. The molecule has 0 fully saturated rings. The lowest BCUT2D eigenvalue weighted by atomic mass is 9.90. The molecule has 1 aliphatic rings. The number of sulfone groups is 1. The number of halogens is 2. The van der Waals surface area contributed by atoms with Crippen LogP contribution in [0, 0.1) is 11.6 Å². The largest absolute Gasteiger partial charge is 0.324 e. The van der Waals surface area contributed by atoms with E-state index in [1.165, 1.54) is 29.6 Å². The summed E-state index contributed by atoms with van der Waals surface area (Å²) in [6.45, 7) is 0. The molecule has 0 aliphatic carbocycles. The Morgan fingerprint density at radius 3 is 2.52 bits per heavy atom. The molecule has 1 atom stereocenters. The van der Waals surface area contributed by atoms with Gasteiger partial charge in [0.25, 0.3) is 0 Å². The second-order valence-electron chi connectivity index (χ2n) is 6.10. The lowest BCUT2D eigenvalue weighted by molar-refractivity contribution is -0.116. The van der Waals surface area contributed by atoms with Gasteiger partial charge in [0.1, 0.15) is 4.90 Å². The van der Waals surface area contributed by atoms with Crippen LogP contribution in [-0.4, -0.2) is 14.3 Å². The average Bonchev–Trinajstić information content (AvgIpc) is 3.08. The molecule has 8 heteroatoms. The molecule has 0 unspecified atom stereocenters. The lowest BCUT2D eigenvalue weighted by Crippen LogP contribution is -2.24. The van der Waals surface area contributed by atoms with E-state index in [9.17, 15) is 22.0 Å². The highest BCUT2D eigenvalue weighted by Gasteiger charge is 2.35. The van der Waals surface area contributed by atoms with Gasteiger partial charge in [-0.3, -0.25) is 4.79 Å². The number of benzene rings is 2. The van der Waals surface area contributed by atoms with Gasteiger partial charge in [0, 0.05) is 22.6 Å². The molecule has 4 rings (SSSR count). The molecule has 1 N–H and O–H groups in total. The normalized spacial score (nSPS) is 16.7. The third-order valence-corrected chi connectivity index (χ3v) is 7.50. The summed E-state index contributed by atoms with van der Waals surface area (Å²) in [6.07, 6.45) is -0.0846. The molecule has 2 aromatic carbocycles.